The molecule has 1 saturated heterocycles. The highest BCUT2D eigenvalue weighted by Crippen LogP contribution is 2.26. The van der Waals surface area contributed by atoms with Crippen LogP contribution in [0.5, 0.6) is 0 Å². The minimum absolute atomic E-state index is 0.486. The Morgan fingerprint density at radius 1 is 1.43 bits per heavy atom. The fourth-order valence-corrected chi connectivity index (χ4v) is 1.72. The van der Waals surface area contributed by atoms with Gasteiger partial charge in [-0.05, 0) is 18.4 Å². The van der Waals surface area contributed by atoms with Gasteiger partial charge in [0.05, 0.1) is 12.7 Å². The highest BCUT2D eigenvalue weighted by atomic mass is 16.6. The molecule has 1 nitrogen and oxygen atoms in total. The lowest BCUT2D eigenvalue weighted by Gasteiger charge is -2.11. The molecule has 0 N–H and O–H groups in total. The average Bonchev–Trinajstić information content (AvgIpc) is 3.04. The molecule has 0 spiro atoms. The first-order valence-corrected chi connectivity index (χ1v) is 5.19. The second kappa shape index (κ2) is 4.43. The lowest BCUT2D eigenvalue weighted by atomic mass is 9.94. The number of ether oxygens (including phenoxy) is 1. The molecule has 1 aliphatic rings. The molecule has 0 aromatic heterocycles. The average molecular weight is 188 g/mol. The maximum Gasteiger partial charge on any atom is 0.0810 e. The SMILES string of the molecule is C=CC(CCC1CO1)c1ccccc1. The molecule has 74 valence electrons. The summed E-state index contributed by atoms with van der Waals surface area (Å²) in [5.41, 5.74) is 1.36. The van der Waals surface area contributed by atoms with E-state index in [-0.39, 0.29) is 0 Å². The molecule has 1 fully saturated rings. The molecule has 0 radical (unpaired) electrons. The van der Waals surface area contributed by atoms with Crippen LogP contribution in [0.25, 0.3) is 0 Å². The van der Waals surface area contributed by atoms with Crippen LogP contribution in [-0.2, 0) is 4.74 Å². The number of rotatable bonds is 5. The van der Waals surface area contributed by atoms with Crippen molar-refractivity contribution in [2.75, 3.05) is 6.61 Å². The Hall–Kier alpha value is -1.08. The zero-order valence-corrected chi connectivity index (χ0v) is 8.36. The molecule has 2 unspecified atom stereocenters. The van der Waals surface area contributed by atoms with Gasteiger partial charge in [0.25, 0.3) is 0 Å². The molecule has 14 heavy (non-hydrogen) atoms. The van der Waals surface area contributed by atoms with Gasteiger partial charge in [-0.15, -0.1) is 6.58 Å². The van der Waals surface area contributed by atoms with Crippen LogP contribution >= 0.6 is 0 Å². The fourth-order valence-electron chi connectivity index (χ4n) is 1.72. The van der Waals surface area contributed by atoms with Gasteiger partial charge in [0.15, 0.2) is 0 Å². The van der Waals surface area contributed by atoms with E-state index in [9.17, 15) is 0 Å². The standard InChI is InChI=1S/C13H16O/c1-2-11(8-9-13-10-14-13)12-6-4-3-5-7-12/h2-7,11,13H,1,8-10H2. The Kier molecular flexibility index (Phi) is 3.00. The van der Waals surface area contributed by atoms with Crippen molar-refractivity contribution in [3.63, 3.8) is 0 Å². The Bertz CT molecular complexity index is 287. The van der Waals surface area contributed by atoms with Crippen molar-refractivity contribution >= 4 is 0 Å². The Morgan fingerprint density at radius 2 is 2.14 bits per heavy atom. The van der Waals surface area contributed by atoms with E-state index in [1.165, 1.54) is 5.56 Å². The van der Waals surface area contributed by atoms with Crippen molar-refractivity contribution in [3.8, 4) is 0 Å². The molecule has 1 aliphatic heterocycles. The summed E-state index contributed by atoms with van der Waals surface area (Å²) in [5.74, 6) is 0.486. The number of allylic oxidation sites excluding steroid dienone is 1. The molecular formula is C13H16O. The molecule has 2 rings (SSSR count). The molecule has 1 heteroatoms. The lowest BCUT2D eigenvalue weighted by molar-refractivity contribution is 0.388. The van der Waals surface area contributed by atoms with Crippen LogP contribution in [0.15, 0.2) is 43.0 Å². The maximum atomic E-state index is 5.20. The van der Waals surface area contributed by atoms with Crippen LogP contribution < -0.4 is 0 Å². The summed E-state index contributed by atoms with van der Waals surface area (Å²) in [6.07, 6.45) is 4.88. The molecule has 0 amide bonds. The quantitative estimate of drug-likeness (QED) is 0.511. The summed E-state index contributed by atoms with van der Waals surface area (Å²) in [5, 5.41) is 0. The zero-order chi connectivity index (χ0) is 9.80. The number of hydrogen-bond acceptors (Lipinski definition) is 1. The molecule has 1 heterocycles. The van der Waals surface area contributed by atoms with Crippen LogP contribution in [-0.4, -0.2) is 12.7 Å². The van der Waals surface area contributed by atoms with Crippen molar-refractivity contribution in [3.05, 3.63) is 48.6 Å². The monoisotopic (exact) mass is 188 g/mol. The topological polar surface area (TPSA) is 12.5 Å². The number of hydrogen-bond donors (Lipinski definition) is 0. The van der Waals surface area contributed by atoms with Gasteiger partial charge in [0.1, 0.15) is 0 Å². The van der Waals surface area contributed by atoms with Gasteiger partial charge in [-0.1, -0.05) is 36.4 Å². The van der Waals surface area contributed by atoms with E-state index in [2.05, 4.69) is 30.8 Å². The molecular weight excluding hydrogens is 172 g/mol. The zero-order valence-electron chi connectivity index (χ0n) is 8.36. The first-order valence-electron chi connectivity index (χ1n) is 5.19. The fraction of sp³-hybridized carbons (Fsp3) is 0.385. The van der Waals surface area contributed by atoms with Gasteiger partial charge in [0.2, 0.25) is 0 Å². The minimum atomic E-state index is 0.486. The maximum absolute atomic E-state index is 5.20. The summed E-state index contributed by atoms with van der Waals surface area (Å²) in [6, 6.07) is 10.5. The van der Waals surface area contributed by atoms with Gasteiger partial charge in [-0.2, -0.15) is 0 Å². The van der Waals surface area contributed by atoms with E-state index in [1.54, 1.807) is 0 Å². The molecule has 0 bridgehead atoms. The van der Waals surface area contributed by atoms with Crippen molar-refractivity contribution in [1.82, 2.24) is 0 Å². The second-order valence-electron chi connectivity index (χ2n) is 3.79. The predicted molar refractivity (Wildman–Crippen MR) is 58.4 cm³/mol. The Labute approximate surface area is 85.4 Å². The van der Waals surface area contributed by atoms with Crippen molar-refractivity contribution in [1.29, 1.82) is 0 Å². The van der Waals surface area contributed by atoms with Crippen LogP contribution in [0.4, 0.5) is 0 Å². The number of benzene rings is 1. The van der Waals surface area contributed by atoms with Crippen LogP contribution in [0, 0.1) is 0 Å². The van der Waals surface area contributed by atoms with Gasteiger partial charge in [-0.25, -0.2) is 0 Å². The van der Waals surface area contributed by atoms with E-state index in [4.69, 9.17) is 4.74 Å². The van der Waals surface area contributed by atoms with E-state index in [0.29, 0.717) is 12.0 Å². The largest absolute Gasteiger partial charge is 0.373 e. The predicted octanol–water partition coefficient (Wildman–Crippen LogP) is 3.14. The van der Waals surface area contributed by atoms with Crippen molar-refractivity contribution < 1.29 is 4.74 Å². The molecule has 1 aromatic carbocycles. The Morgan fingerprint density at radius 3 is 2.71 bits per heavy atom. The van der Waals surface area contributed by atoms with Crippen molar-refractivity contribution in [2.45, 2.75) is 24.9 Å². The second-order valence-corrected chi connectivity index (χ2v) is 3.79. The van der Waals surface area contributed by atoms with Crippen LogP contribution in [0.2, 0.25) is 0 Å². The lowest BCUT2D eigenvalue weighted by Crippen LogP contribution is -1.97. The smallest absolute Gasteiger partial charge is 0.0810 e. The van der Waals surface area contributed by atoms with Gasteiger partial charge >= 0.3 is 0 Å². The summed E-state index contributed by atoms with van der Waals surface area (Å²) in [7, 11) is 0. The first kappa shape index (κ1) is 9.47. The first-order chi connectivity index (χ1) is 6.90. The van der Waals surface area contributed by atoms with Gasteiger partial charge < -0.3 is 4.74 Å². The molecule has 0 saturated carbocycles. The van der Waals surface area contributed by atoms with Crippen LogP contribution in [0.3, 0.4) is 0 Å². The van der Waals surface area contributed by atoms with E-state index in [0.717, 1.165) is 19.4 Å². The van der Waals surface area contributed by atoms with E-state index >= 15 is 0 Å². The van der Waals surface area contributed by atoms with Crippen LogP contribution in [0.1, 0.15) is 24.3 Å². The third-order valence-electron chi connectivity index (χ3n) is 2.71. The highest BCUT2D eigenvalue weighted by Gasteiger charge is 2.23. The van der Waals surface area contributed by atoms with E-state index in [1.807, 2.05) is 12.1 Å². The normalized spacial score (nSPS) is 21.6. The van der Waals surface area contributed by atoms with Gasteiger partial charge in [-0.3, -0.25) is 0 Å². The highest BCUT2D eigenvalue weighted by molar-refractivity contribution is 5.22. The van der Waals surface area contributed by atoms with Crippen molar-refractivity contribution in [2.24, 2.45) is 0 Å². The summed E-state index contributed by atoms with van der Waals surface area (Å²) < 4.78 is 5.20. The molecule has 1 aromatic rings. The molecule has 0 aliphatic carbocycles. The summed E-state index contributed by atoms with van der Waals surface area (Å²) >= 11 is 0. The Balaban J connectivity index is 1.94. The number of epoxide rings is 1. The third-order valence-corrected chi connectivity index (χ3v) is 2.71. The third kappa shape index (κ3) is 2.46. The van der Waals surface area contributed by atoms with E-state index < -0.39 is 0 Å². The molecule has 2 atom stereocenters. The summed E-state index contributed by atoms with van der Waals surface area (Å²) in [4.78, 5) is 0. The minimum Gasteiger partial charge on any atom is -0.373 e. The summed E-state index contributed by atoms with van der Waals surface area (Å²) in [6.45, 7) is 4.85. The van der Waals surface area contributed by atoms with Gasteiger partial charge in [0, 0.05) is 5.92 Å².